The Bertz CT molecular complexity index is 1900. The molecule has 4 heterocycles. The number of aryl methyl sites for hydroxylation is 3. The highest BCUT2D eigenvalue weighted by Crippen LogP contribution is 2.24. The molecule has 3 atom stereocenters. The fourth-order valence-corrected chi connectivity index (χ4v) is 5.95. The van der Waals surface area contributed by atoms with E-state index in [0.717, 1.165) is 5.56 Å². The van der Waals surface area contributed by atoms with Crippen LogP contribution in [0.1, 0.15) is 70.8 Å². The maximum absolute atomic E-state index is 14.3. The fourth-order valence-electron chi connectivity index (χ4n) is 5.95. The smallest absolute Gasteiger partial charge is 0.274 e. The van der Waals surface area contributed by atoms with Gasteiger partial charge in [0.05, 0.1) is 23.2 Å². The van der Waals surface area contributed by atoms with Crippen molar-refractivity contribution in [3.63, 3.8) is 0 Å². The number of carbonyl (C=O) groups excluding carboxylic acids is 5. The molecule has 0 saturated carbocycles. The summed E-state index contributed by atoms with van der Waals surface area (Å²) >= 11 is 0. The van der Waals surface area contributed by atoms with Gasteiger partial charge in [-0.05, 0) is 44.7 Å². The van der Waals surface area contributed by atoms with Crippen LogP contribution in [0.5, 0.6) is 0 Å². The third kappa shape index (κ3) is 8.33. The maximum atomic E-state index is 14.3. The number of aromatic nitrogens is 4. The standard InChI is InChI=1S/C35H43N9O6/c1-19(2)14-26-33(47)40-27(16-23-10-8-7-9-11-23)32(46)36-12-13-44(18-24-17-28(42-50-24)34(48)38-22(5)31(45)39-26)35(49)25-15-20(3)37-30-29(25)21(4)41-43(30)6/h7-11,15,17,19,22,26-27H,12-14,16,18H2,1-6H3,(H,36,46)(H,38,48)(H,39,45)(H,40,47)/t22-,26-,27-/m1/s1. The number of rotatable bonds is 5. The van der Waals surface area contributed by atoms with Gasteiger partial charge in [-0.1, -0.05) is 49.3 Å². The number of benzene rings is 1. The molecule has 15 heteroatoms. The zero-order chi connectivity index (χ0) is 36.1. The summed E-state index contributed by atoms with van der Waals surface area (Å²) < 4.78 is 7.09. The van der Waals surface area contributed by atoms with E-state index in [9.17, 15) is 24.0 Å². The van der Waals surface area contributed by atoms with Gasteiger partial charge in [-0.3, -0.25) is 28.7 Å². The van der Waals surface area contributed by atoms with E-state index in [1.165, 1.54) is 17.9 Å². The van der Waals surface area contributed by atoms with Gasteiger partial charge in [0.2, 0.25) is 17.7 Å². The molecule has 0 spiro atoms. The van der Waals surface area contributed by atoms with Gasteiger partial charge < -0.3 is 30.7 Å². The van der Waals surface area contributed by atoms with Crippen molar-refractivity contribution in [2.45, 2.75) is 72.1 Å². The average molecular weight is 686 g/mol. The average Bonchev–Trinajstić information content (AvgIpc) is 3.65. The van der Waals surface area contributed by atoms with Crippen LogP contribution < -0.4 is 21.3 Å². The van der Waals surface area contributed by atoms with Crippen molar-refractivity contribution < 1.29 is 28.5 Å². The topological polar surface area (TPSA) is 193 Å². The van der Waals surface area contributed by atoms with Crippen LogP contribution in [0.15, 0.2) is 47.0 Å². The zero-order valence-corrected chi connectivity index (χ0v) is 29.1. The Morgan fingerprint density at radius 3 is 2.42 bits per heavy atom. The minimum absolute atomic E-state index is 0.0214. The highest BCUT2D eigenvalue weighted by Gasteiger charge is 2.31. The predicted octanol–water partition coefficient (Wildman–Crippen LogP) is 1.72. The van der Waals surface area contributed by atoms with Gasteiger partial charge in [0.1, 0.15) is 18.1 Å². The highest BCUT2D eigenvalue weighted by molar-refractivity contribution is 6.06. The minimum Gasteiger partial charge on any atom is -0.359 e. The van der Waals surface area contributed by atoms with Crippen LogP contribution in [0.4, 0.5) is 0 Å². The van der Waals surface area contributed by atoms with Crippen molar-refractivity contribution >= 4 is 40.6 Å². The van der Waals surface area contributed by atoms with Crippen molar-refractivity contribution in [3.05, 3.63) is 76.4 Å². The van der Waals surface area contributed by atoms with E-state index in [1.807, 2.05) is 44.2 Å². The van der Waals surface area contributed by atoms with E-state index in [0.29, 0.717) is 34.4 Å². The van der Waals surface area contributed by atoms with Crippen LogP contribution in [0.3, 0.4) is 0 Å². The van der Waals surface area contributed by atoms with Crippen molar-refractivity contribution in [3.8, 4) is 0 Å². The van der Waals surface area contributed by atoms with Crippen LogP contribution in [0.25, 0.3) is 11.0 Å². The molecule has 1 aliphatic rings. The summed E-state index contributed by atoms with van der Waals surface area (Å²) in [6, 6.07) is 9.33. The summed E-state index contributed by atoms with van der Waals surface area (Å²) in [6.07, 6.45) is 0.477. The quantitative estimate of drug-likeness (QED) is 0.242. The summed E-state index contributed by atoms with van der Waals surface area (Å²) in [5, 5.41) is 20.0. The molecule has 0 aliphatic carbocycles. The highest BCUT2D eigenvalue weighted by atomic mass is 16.5. The molecule has 5 rings (SSSR count). The Morgan fingerprint density at radius 2 is 1.70 bits per heavy atom. The molecule has 2 bridgehead atoms. The maximum Gasteiger partial charge on any atom is 0.274 e. The number of pyridine rings is 1. The minimum atomic E-state index is -1.04. The normalized spacial score (nSPS) is 19.7. The molecule has 5 amide bonds. The third-order valence-corrected chi connectivity index (χ3v) is 8.43. The second-order valence-corrected chi connectivity index (χ2v) is 13.1. The van der Waals surface area contributed by atoms with Crippen LogP contribution in [-0.4, -0.2) is 85.6 Å². The molecule has 0 radical (unpaired) electrons. The van der Waals surface area contributed by atoms with E-state index in [2.05, 4.69) is 36.5 Å². The van der Waals surface area contributed by atoms with Crippen molar-refractivity contribution in [1.82, 2.24) is 46.1 Å². The first-order valence-electron chi connectivity index (χ1n) is 16.6. The number of hydrogen-bond donors (Lipinski definition) is 4. The Kier molecular flexibility index (Phi) is 10.9. The Labute approximate surface area is 289 Å². The molecule has 4 aromatic rings. The first kappa shape index (κ1) is 35.7. The second kappa shape index (κ2) is 15.3. The number of fused-ring (bicyclic) bond motifs is 3. The molecular formula is C35H43N9O6. The van der Waals surface area contributed by atoms with E-state index >= 15 is 0 Å². The van der Waals surface area contributed by atoms with E-state index in [4.69, 9.17) is 4.52 Å². The number of amides is 5. The lowest BCUT2D eigenvalue weighted by Gasteiger charge is -2.26. The van der Waals surface area contributed by atoms with Crippen molar-refractivity contribution in [2.24, 2.45) is 13.0 Å². The lowest BCUT2D eigenvalue weighted by atomic mass is 10.0. The van der Waals surface area contributed by atoms with Gasteiger partial charge in [0, 0.05) is 38.3 Å². The number of nitrogens with one attached hydrogen (secondary N) is 4. The second-order valence-electron chi connectivity index (χ2n) is 13.1. The SMILES string of the molecule is Cc1cc(C(=O)N2CCNC(=O)[C@@H](Cc3ccccc3)NC(=O)[C@@H](CC(C)C)NC(=O)[C@@H](C)NC(=O)c3cc(on3)C2)c2c(C)nn(C)c2n1. The van der Waals surface area contributed by atoms with Gasteiger partial charge >= 0.3 is 0 Å². The summed E-state index contributed by atoms with van der Waals surface area (Å²) in [5.74, 6) is -2.40. The number of nitrogens with zero attached hydrogens (tertiary/aromatic N) is 5. The summed E-state index contributed by atoms with van der Waals surface area (Å²) in [5.41, 5.74) is 2.89. The molecule has 3 aromatic heterocycles. The first-order chi connectivity index (χ1) is 23.8. The summed E-state index contributed by atoms with van der Waals surface area (Å²) in [6.45, 7) is 8.87. The summed E-state index contributed by atoms with van der Waals surface area (Å²) in [4.78, 5) is 74.0. The van der Waals surface area contributed by atoms with Crippen LogP contribution in [0, 0.1) is 19.8 Å². The summed E-state index contributed by atoms with van der Waals surface area (Å²) in [7, 11) is 1.75. The molecule has 50 heavy (non-hydrogen) atoms. The van der Waals surface area contributed by atoms with Crippen LogP contribution >= 0.6 is 0 Å². The first-order valence-corrected chi connectivity index (χ1v) is 16.6. The van der Waals surface area contributed by atoms with Gasteiger partial charge in [0.15, 0.2) is 17.1 Å². The zero-order valence-electron chi connectivity index (χ0n) is 29.1. The van der Waals surface area contributed by atoms with Gasteiger partial charge in [-0.15, -0.1) is 0 Å². The molecule has 4 N–H and O–H groups in total. The molecule has 264 valence electrons. The lowest BCUT2D eigenvalue weighted by molar-refractivity contribution is -0.132. The number of carbonyl (C=O) groups is 5. The van der Waals surface area contributed by atoms with Gasteiger partial charge in [-0.2, -0.15) is 5.10 Å². The van der Waals surface area contributed by atoms with Crippen molar-refractivity contribution in [1.29, 1.82) is 0 Å². The van der Waals surface area contributed by atoms with Gasteiger partial charge in [-0.25, -0.2) is 4.98 Å². The fraction of sp³-hybridized carbons (Fsp3) is 0.429. The molecule has 1 aliphatic heterocycles. The molecular weight excluding hydrogens is 642 g/mol. The molecule has 15 nitrogen and oxygen atoms in total. The lowest BCUT2D eigenvalue weighted by Crippen LogP contribution is -2.57. The monoisotopic (exact) mass is 685 g/mol. The van der Waals surface area contributed by atoms with Gasteiger partial charge in [0.25, 0.3) is 11.8 Å². The van der Waals surface area contributed by atoms with E-state index in [-0.39, 0.29) is 49.3 Å². The van der Waals surface area contributed by atoms with E-state index < -0.39 is 41.8 Å². The third-order valence-electron chi connectivity index (χ3n) is 8.43. The number of hydrogen-bond acceptors (Lipinski definition) is 9. The van der Waals surface area contributed by atoms with Crippen LogP contribution in [-0.2, 0) is 34.4 Å². The molecule has 0 unspecified atom stereocenters. The molecule has 0 fully saturated rings. The Balaban J connectivity index is 1.50. The van der Waals surface area contributed by atoms with Crippen LogP contribution in [0.2, 0.25) is 0 Å². The predicted molar refractivity (Wildman–Crippen MR) is 183 cm³/mol. The Morgan fingerprint density at radius 1 is 0.980 bits per heavy atom. The van der Waals surface area contributed by atoms with E-state index in [1.54, 1.807) is 31.6 Å². The Hall–Kier alpha value is -5.60. The molecule has 1 aromatic carbocycles. The van der Waals surface area contributed by atoms with Crippen molar-refractivity contribution in [2.75, 3.05) is 13.1 Å². The largest absolute Gasteiger partial charge is 0.359 e. The molecule has 0 saturated heterocycles.